The molecule has 1 N–H and O–H groups in total. The Morgan fingerprint density at radius 1 is 0.826 bits per heavy atom. The third-order valence-corrected chi connectivity index (χ3v) is 9.85. The van der Waals surface area contributed by atoms with Crippen LogP contribution in [0, 0.1) is 0 Å². The molecule has 46 heavy (non-hydrogen) atoms. The number of thiol groups is 4. The highest BCUT2D eigenvalue weighted by Gasteiger charge is 2.42. The van der Waals surface area contributed by atoms with Gasteiger partial charge in [-0.25, -0.2) is 0 Å². The number of rotatable bonds is 9. The molecular weight excluding hydrogens is 637 g/mol. The van der Waals surface area contributed by atoms with E-state index in [9.17, 15) is 0 Å². The molecule has 0 aliphatic carbocycles. The second-order valence-corrected chi connectivity index (χ2v) is 15.6. The Labute approximate surface area is 297 Å². The molecule has 0 fully saturated rings. The summed E-state index contributed by atoms with van der Waals surface area (Å²) in [6.45, 7) is 17.7. The molecule has 5 rings (SSSR count). The minimum absolute atomic E-state index is 0.0114. The van der Waals surface area contributed by atoms with E-state index in [4.69, 9.17) is 12.6 Å². The normalized spacial score (nSPS) is 17.2. The zero-order valence-corrected chi connectivity index (χ0v) is 31.0. The second-order valence-electron chi connectivity index (χ2n) is 13.0. The first-order valence-electron chi connectivity index (χ1n) is 15.6. The summed E-state index contributed by atoms with van der Waals surface area (Å²) in [6.07, 6.45) is 14.7. The van der Waals surface area contributed by atoms with E-state index in [1.807, 2.05) is 13.0 Å². The highest BCUT2D eigenvalue weighted by molar-refractivity contribution is 7.81. The Kier molecular flexibility index (Phi) is 10.2. The van der Waals surface area contributed by atoms with Crippen LogP contribution in [-0.2, 0) is 10.8 Å². The topological polar surface area (TPSA) is 15.3 Å². The van der Waals surface area contributed by atoms with Gasteiger partial charge in [-0.05, 0) is 94.6 Å². The van der Waals surface area contributed by atoms with E-state index >= 15 is 0 Å². The largest absolute Gasteiger partial charge is 0.374 e. The molecule has 0 saturated heterocycles. The number of nitrogens with zero attached hydrogens (tertiary/aromatic N) is 1. The zero-order valence-electron chi connectivity index (χ0n) is 27.4. The number of allylic oxidation sites excluding steroid dienone is 9. The highest BCUT2D eigenvalue weighted by atomic mass is 32.1. The molecule has 0 aromatic heterocycles. The van der Waals surface area contributed by atoms with Crippen LogP contribution >= 0.6 is 50.5 Å². The Bertz CT molecular complexity index is 1930. The molecule has 0 bridgehead atoms. The summed E-state index contributed by atoms with van der Waals surface area (Å²) >= 11 is 18.6. The van der Waals surface area contributed by atoms with E-state index in [2.05, 4.69) is 186 Å². The van der Waals surface area contributed by atoms with Crippen molar-refractivity contribution in [3.63, 3.8) is 0 Å². The third kappa shape index (κ3) is 6.73. The first-order chi connectivity index (χ1) is 21.7. The average Bonchev–Trinajstić information content (AvgIpc) is 3.22. The van der Waals surface area contributed by atoms with Crippen molar-refractivity contribution in [2.24, 2.45) is 0 Å². The Balaban J connectivity index is 1.37. The van der Waals surface area contributed by atoms with Crippen LogP contribution < -0.4 is 10.2 Å². The molecule has 2 nitrogen and oxygen atoms in total. The van der Waals surface area contributed by atoms with E-state index in [-0.39, 0.29) is 21.6 Å². The lowest BCUT2D eigenvalue weighted by Gasteiger charge is -2.31. The van der Waals surface area contributed by atoms with Crippen LogP contribution in [0.5, 0.6) is 0 Å². The molecule has 6 heteroatoms. The summed E-state index contributed by atoms with van der Waals surface area (Å²) in [4.78, 5) is 4.26. The number of hydrogen-bond acceptors (Lipinski definition) is 6. The van der Waals surface area contributed by atoms with Gasteiger partial charge in [0.15, 0.2) is 0 Å². The van der Waals surface area contributed by atoms with Crippen LogP contribution in [0.3, 0.4) is 0 Å². The van der Waals surface area contributed by atoms with E-state index in [0.717, 1.165) is 26.4 Å². The monoisotopic (exact) mass is 680 g/mol. The fraction of sp³-hybridized carbons (Fsp3) is 0.250. The number of anilines is 2. The molecule has 2 unspecified atom stereocenters. The summed E-state index contributed by atoms with van der Waals surface area (Å²) in [5.74, 6) is 0. The molecule has 2 atom stereocenters. The molecular formula is C40H44N2S4. The maximum absolute atomic E-state index is 4.88. The lowest BCUT2D eigenvalue weighted by atomic mass is 9.75. The fourth-order valence-electron chi connectivity index (χ4n) is 6.63. The Morgan fingerprint density at radius 3 is 2.07 bits per heavy atom. The molecule has 0 saturated carbocycles. The quantitative estimate of drug-likeness (QED) is 0.0687. The molecule has 4 aromatic carbocycles. The van der Waals surface area contributed by atoms with Gasteiger partial charge < -0.3 is 10.2 Å². The Morgan fingerprint density at radius 2 is 1.41 bits per heavy atom. The molecule has 0 spiro atoms. The molecule has 0 amide bonds. The Hall–Kier alpha value is -2.90. The van der Waals surface area contributed by atoms with Crippen molar-refractivity contribution in [2.75, 3.05) is 10.2 Å². The predicted octanol–water partition coefficient (Wildman–Crippen LogP) is 11.7. The van der Waals surface area contributed by atoms with Gasteiger partial charge >= 0.3 is 0 Å². The fourth-order valence-corrected chi connectivity index (χ4v) is 7.44. The first-order valence-corrected chi connectivity index (χ1v) is 17.5. The highest BCUT2D eigenvalue weighted by Crippen LogP contribution is 2.52. The molecule has 4 aromatic rings. The number of nitrogens with one attached hydrogen (secondary N) is 1. The van der Waals surface area contributed by atoms with Gasteiger partial charge in [0.2, 0.25) is 0 Å². The van der Waals surface area contributed by atoms with Gasteiger partial charge in [0.25, 0.3) is 0 Å². The summed E-state index contributed by atoms with van der Waals surface area (Å²) in [5.41, 5.74) is 6.53. The molecule has 1 aliphatic rings. The third-order valence-electron chi connectivity index (χ3n) is 8.93. The SMILES string of the molecule is C=C(/C=C/C=C/C=C/C=C1/N(C(C)S)c2ccc3cc(S)ccc3c2C1(C)C)C(C)(C)c1c(NC(C)S)ccc2cc(S)ccc12. The van der Waals surface area contributed by atoms with Gasteiger partial charge in [-0.2, -0.15) is 25.3 Å². The lowest BCUT2D eigenvalue weighted by Crippen LogP contribution is -2.30. The van der Waals surface area contributed by atoms with Crippen LogP contribution in [0.25, 0.3) is 21.5 Å². The van der Waals surface area contributed by atoms with Crippen LogP contribution in [0.1, 0.15) is 52.7 Å². The van der Waals surface area contributed by atoms with Gasteiger partial charge in [-0.15, -0.1) is 25.3 Å². The summed E-state index contributed by atoms with van der Waals surface area (Å²) in [5, 5.41) is 8.38. The van der Waals surface area contributed by atoms with Crippen LogP contribution in [0.15, 0.2) is 131 Å². The van der Waals surface area contributed by atoms with Gasteiger partial charge in [0.1, 0.15) is 0 Å². The van der Waals surface area contributed by atoms with E-state index in [1.54, 1.807) is 0 Å². The number of fused-ring (bicyclic) bond motifs is 4. The predicted molar refractivity (Wildman–Crippen MR) is 216 cm³/mol. The minimum Gasteiger partial charge on any atom is -0.374 e. The second kappa shape index (κ2) is 13.7. The van der Waals surface area contributed by atoms with Crippen molar-refractivity contribution in [2.45, 2.75) is 72.9 Å². The van der Waals surface area contributed by atoms with Crippen molar-refractivity contribution in [3.05, 3.63) is 132 Å². The van der Waals surface area contributed by atoms with Crippen LogP contribution in [-0.4, -0.2) is 10.7 Å². The summed E-state index contributed by atoms with van der Waals surface area (Å²) in [7, 11) is 0. The van der Waals surface area contributed by atoms with Crippen molar-refractivity contribution < 1.29 is 0 Å². The van der Waals surface area contributed by atoms with Crippen molar-refractivity contribution in [1.29, 1.82) is 0 Å². The maximum Gasteiger partial charge on any atom is 0.0739 e. The zero-order chi connectivity index (χ0) is 33.4. The van der Waals surface area contributed by atoms with Gasteiger partial charge in [-0.3, -0.25) is 0 Å². The van der Waals surface area contributed by atoms with Gasteiger partial charge in [-0.1, -0.05) is 95.0 Å². The molecule has 238 valence electrons. The minimum atomic E-state index is -0.331. The number of hydrogen-bond donors (Lipinski definition) is 5. The van der Waals surface area contributed by atoms with Crippen molar-refractivity contribution in [1.82, 2.24) is 0 Å². The van der Waals surface area contributed by atoms with E-state index in [0.29, 0.717) is 0 Å². The van der Waals surface area contributed by atoms with Crippen LogP contribution in [0.4, 0.5) is 11.4 Å². The molecule has 1 heterocycles. The summed E-state index contributed by atoms with van der Waals surface area (Å²) in [6, 6.07) is 21.4. The standard InChI is InChI=1S/C40H44N2S4/c1-25(39(4,5)37-32-19-17-30(45)23-28(32)15-21-34(37)41-26(2)43)13-11-9-8-10-12-14-36-40(6,7)38-33-20-18-31(46)24-29(33)16-22-35(38)42(36)27(3)44/h8-24,26-27,41,43-46H,1H2,2-7H3/b9-8+,12-10+,13-11+,36-14+. The van der Waals surface area contributed by atoms with E-state index < -0.39 is 0 Å². The molecule has 0 radical (unpaired) electrons. The summed E-state index contributed by atoms with van der Waals surface area (Å²) < 4.78 is 0. The first kappa shape index (κ1) is 34.4. The van der Waals surface area contributed by atoms with Crippen LogP contribution in [0.2, 0.25) is 0 Å². The maximum atomic E-state index is 4.88. The average molecular weight is 681 g/mol. The number of benzene rings is 4. The van der Waals surface area contributed by atoms with E-state index in [1.165, 1.54) is 38.7 Å². The lowest BCUT2D eigenvalue weighted by molar-refractivity contribution is 0.634. The van der Waals surface area contributed by atoms with Gasteiger partial charge in [0, 0.05) is 37.7 Å². The van der Waals surface area contributed by atoms with Crippen molar-refractivity contribution in [3.8, 4) is 0 Å². The smallest absolute Gasteiger partial charge is 0.0739 e. The van der Waals surface area contributed by atoms with Crippen molar-refractivity contribution >= 4 is 83.4 Å². The van der Waals surface area contributed by atoms with Gasteiger partial charge in [0.05, 0.1) is 10.7 Å². The molecule has 1 aliphatic heterocycles.